The number of anilines is 2. The third-order valence-electron chi connectivity index (χ3n) is 8.03. The fraction of sp³-hybridized carbons (Fsp3) is 0.345. The zero-order chi connectivity index (χ0) is 29.2. The van der Waals surface area contributed by atoms with Crippen molar-refractivity contribution < 1.29 is 22.0 Å². The number of benzene rings is 1. The van der Waals surface area contributed by atoms with E-state index in [0.717, 1.165) is 31.4 Å². The number of carbonyl (C=O) groups excluding carboxylic acids is 1. The van der Waals surface area contributed by atoms with E-state index >= 15 is 4.39 Å². The van der Waals surface area contributed by atoms with Crippen LogP contribution in [-0.2, 0) is 23.4 Å². The van der Waals surface area contributed by atoms with Gasteiger partial charge in [0.15, 0.2) is 21.5 Å². The van der Waals surface area contributed by atoms with Gasteiger partial charge in [0.25, 0.3) is 11.5 Å². The van der Waals surface area contributed by atoms with Gasteiger partial charge in [0.05, 0.1) is 23.7 Å². The Morgan fingerprint density at radius 3 is 2.61 bits per heavy atom. The Bertz CT molecular complexity index is 1900. The average Bonchev–Trinajstić information content (AvgIpc) is 3.22. The van der Waals surface area contributed by atoms with Crippen LogP contribution in [-0.4, -0.2) is 53.1 Å². The number of aromatic amines is 1. The number of halogens is 2. The molecule has 0 fully saturated rings. The number of hydrogen-bond donors (Lipinski definition) is 1. The molecule has 2 aliphatic rings. The van der Waals surface area contributed by atoms with E-state index in [0.29, 0.717) is 45.4 Å². The molecule has 12 heteroatoms. The summed E-state index contributed by atoms with van der Waals surface area (Å²) in [7, 11) is -2.02. The van der Waals surface area contributed by atoms with Gasteiger partial charge in [-0.15, -0.1) is 0 Å². The molecular formula is C29H29F2N5O4S. The van der Waals surface area contributed by atoms with Crippen LogP contribution in [0.5, 0.6) is 0 Å². The van der Waals surface area contributed by atoms with Crippen LogP contribution in [0.25, 0.3) is 22.0 Å². The van der Waals surface area contributed by atoms with Gasteiger partial charge in [-0.1, -0.05) is 13.3 Å². The SMILES string of the molecule is CCCCN1CC[C@@H](S(C)(=O)=O)c2cc3c(cc2C1=O)N(c1ncc(F)cc1F)Cc1c[nH]c2c(=O)n(C)cc-3c12. The third kappa shape index (κ3) is 4.41. The fourth-order valence-corrected chi connectivity index (χ4v) is 7.21. The number of aryl methyl sites for hydroxylation is 1. The molecule has 0 saturated heterocycles. The molecule has 1 N–H and O–H groups in total. The molecule has 214 valence electrons. The van der Waals surface area contributed by atoms with Crippen LogP contribution in [0.4, 0.5) is 20.3 Å². The number of hydrogen-bond acceptors (Lipinski definition) is 6. The molecule has 0 aliphatic carbocycles. The summed E-state index contributed by atoms with van der Waals surface area (Å²) in [5.74, 6) is -2.20. The molecular weight excluding hydrogens is 552 g/mol. The number of unbranched alkanes of at least 4 members (excludes halogenated alkanes) is 1. The van der Waals surface area contributed by atoms with E-state index < -0.39 is 26.7 Å². The Morgan fingerprint density at radius 1 is 1.12 bits per heavy atom. The maximum Gasteiger partial charge on any atom is 0.274 e. The lowest BCUT2D eigenvalue weighted by atomic mass is 9.93. The number of amides is 1. The van der Waals surface area contributed by atoms with Gasteiger partial charge in [-0.25, -0.2) is 22.2 Å². The first-order chi connectivity index (χ1) is 19.5. The predicted molar refractivity (Wildman–Crippen MR) is 152 cm³/mol. The zero-order valence-electron chi connectivity index (χ0n) is 22.9. The highest BCUT2D eigenvalue weighted by Crippen LogP contribution is 2.47. The largest absolute Gasteiger partial charge is 0.356 e. The van der Waals surface area contributed by atoms with Gasteiger partial charge >= 0.3 is 0 Å². The van der Waals surface area contributed by atoms with Crippen LogP contribution in [0.2, 0.25) is 0 Å². The molecule has 0 radical (unpaired) electrons. The van der Waals surface area contributed by atoms with Crippen LogP contribution in [0.15, 0.2) is 41.6 Å². The summed E-state index contributed by atoms with van der Waals surface area (Å²) in [5.41, 5.74) is 2.86. The normalized spacial score (nSPS) is 16.9. The summed E-state index contributed by atoms with van der Waals surface area (Å²) in [6.07, 6.45) is 7.26. The minimum Gasteiger partial charge on any atom is -0.356 e. The molecule has 6 rings (SSSR count). The van der Waals surface area contributed by atoms with Gasteiger partial charge in [-0.05, 0) is 36.1 Å². The highest BCUT2D eigenvalue weighted by atomic mass is 32.2. The van der Waals surface area contributed by atoms with E-state index in [9.17, 15) is 22.4 Å². The lowest BCUT2D eigenvalue weighted by Crippen LogP contribution is -2.32. The van der Waals surface area contributed by atoms with Crippen molar-refractivity contribution in [3.63, 3.8) is 0 Å². The Kier molecular flexibility index (Phi) is 6.48. The first-order valence-corrected chi connectivity index (χ1v) is 15.4. The number of pyridine rings is 2. The van der Waals surface area contributed by atoms with Crippen LogP contribution < -0.4 is 10.5 Å². The molecule has 0 spiro atoms. The summed E-state index contributed by atoms with van der Waals surface area (Å²) in [4.78, 5) is 37.2. The number of H-pyrrole nitrogens is 1. The molecule has 0 saturated carbocycles. The number of sulfone groups is 1. The van der Waals surface area contributed by atoms with Gasteiger partial charge in [0.2, 0.25) is 0 Å². The second kappa shape index (κ2) is 9.79. The molecule has 9 nitrogen and oxygen atoms in total. The third-order valence-corrected chi connectivity index (χ3v) is 9.56. The van der Waals surface area contributed by atoms with Crippen molar-refractivity contribution in [2.75, 3.05) is 24.2 Å². The fourth-order valence-electron chi connectivity index (χ4n) is 6.02. The van der Waals surface area contributed by atoms with Crippen LogP contribution in [0.3, 0.4) is 0 Å². The van der Waals surface area contributed by atoms with Crippen LogP contribution in [0, 0.1) is 11.6 Å². The van der Waals surface area contributed by atoms with Crippen LogP contribution in [0.1, 0.15) is 52.9 Å². The number of fused-ring (bicyclic) bond motifs is 3. The number of nitrogens with one attached hydrogen (secondary N) is 1. The summed E-state index contributed by atoms with van der Waals surface area (Å²) in [6, 6.07) is 4.03. The van der Waals surface area contributed by atoms with E-state index in [4.69, 9.17) is 0 Å². The molecule has 1 atom stereocenters. The summed E-state index contributed by atoms with van der Waals surface area (Å²) >= 11 is 0. The van der Waals surface area contributed by atoms with Gasteiger partial charge < -0.3 is 19.4 Å². The lowest BCUT2D eigenvalue weighted by molar-refractivity contribution is 0.0758. The van der Waals surface area contributed by atoms with Crippen LogP contribution >= 0.6 is 0 Å². The summed E-state index contributed by atoms with van der Waals surface area (Å²) < 4.78 is 56.8. The standard InChI is InChI=1S/C29H29F2N5O4S/c1-4-5-7-35-8-6-24(41(3,39)40)19-10-18-21-15-34(2)29(38)26-25(21)16(12-32-26)14-36(23(18)11-20(19)28(35)37)27-22(31)9-17(30)13-33-27/h9-13,15,24,32H,4-8,14H2,1-3H3/t24-/m1/s1. The maximum atomic E-state index is 15.3. The second-order valence-corrected chi connectivity index (χ2v) is 13.0. The maximum absolute atomic E-state index is 15.3. The molecule has 5 heterocycles. The van der Waals surface area contributed by atoms with E-state index in [1.807, 2.05) is 6.92 Å². The Morgan fingerprint density at radius 2 is 1.90 bits per heavy atom. The van der Waals surface area contributed by atoms with Gasteiger partial charge in [-0.3, -0.25) is 9.59 Å². The van der Waals surface area contributed by atoms with Crippen molar-refractivity contribution in [2.24, 2.45) is 7.05 Å². The zero-order valence-corrected chi connectivity index (χ0v) is 23.7. The van der Waals surface area contributed by atoms with Crippen molar-refractivity contribution in [1.29, 1.82) is 0 Å². The summed E-state index contributed by atoms with van der Waals surface area (Å²) in [6.45, 7) is 2.83. The second-order valence-electron chi connectivity index (χ2n) is 10.8. The molecule has 0 bridgehead atoms. The van der Waals surface area contributed by atoms with E-state index in [1.54, 1.807) is 41.4 Å². The van der Waals surface area contributed by atoms with Crippen molar-refractivity contribution >= 4 is 38.2 Å². The first-order valence-electron chi connectivity index (χ1n) is 13.4. The molecule has 1 aromatic carbocycles. The first kappa shape index (κ1) is 27.1. The Hall–Kier alpha value is -4.06. The quantitative estimate of drug-likeness (QED) is 0.369. The van der Waals surface area contributed by atoms with E-state index in [1.165, 1.54) is 4.57 Å². The average molecular weight is 582 g/mol. The van der Waals surface area contributed by atoms with Crippen molar-refractivity contribution in [2.45, 2.75) is 38.0 Å². The molecule has 1 amide bonds. The van der Waals surface area contributed by atoms with Crippen molar-refractivity contribution in [3.05, 3.63) is 75.5 Å². The highest BCUT2D eigenvalue weighted by molar-refractivity contribution is 7.90. The number of carbonyl (C=O) groups is 1. The van der Waals surface area contributed by atoms with Crippen molar-refractivity contribution in [1.82, 2.24) is 19.4 Å². The summed E-state index contributed by atoms with van der Waals surface area (Å²) in [5, 5.41) is -0.329. The van der Waals surface area contributed by atoms with Gasteiger partial charge in [0.1, 0.15) is 11.3 Å². The van der Waals surface area contributed by atoms with Gasteiger partial charge in [-0.2, -0.15) is 0 Å². The number of nitrogens with zero attached hydrogens (tertiary/aromatic N) is 4. The van der Waals surface area contributed by atoms with Gasteiger partial charge in [0, 0.05) is 66.9 Å². The number of aromatic nitrogens is 3. The molecule has 4 aromatic rings. The van der Waals surface area contributed by atoms with Crippen molar-refractivity contribution in [3.8, 4) is 11.1 Å². The molecule has 0 unspecified atom stereocenters. The molecule has 3 aromatic heterocycles. The topological polar surface area (TPSA) is 108 Å². The minimum absolute atomic E-state index is 0.0603. The molecule has 41 heavy (non-hydrogen) atoms. The lowest BCUT2D eigenvalue weighted by Gasteiger charge is -2.27. The van der Waals surface area contributed by atoms with E-state index in [-0.39, 0.29) is 42.4 Å². The Balaban J connectivity index is 1.70. The predicted octanol–water partition coefficient (Wildman–Crippen LogP) is 4.59. The monoisotopic (exact) mass is 581 g/mol. The van der Waals surface area contributed by atoms with E-state index in [2.05, 4.69) is 9.97 Å². The smallest absolute Gasteiger partial charge is 0.274 e. The molecule has 2 aliphatic heterocycles. The number of rotatable bonds is 5. The highest BCUT2D eigenvalue weighted by Gasteiger charge is 2.37. The minimum atomic E-state index is -3.63. The Labute approximate surface area is 235 Å².